The lowest BCUT2D eigenvalue weighted by Crippen LogP contribution is -2.33. The number of pyridine rings is 1. The molecule has 2 aliphatic carbocycles. The Morgan fingerprint density at radius 3 is 1.77 bits per heavy atom. The standard InChI is InChI=1S/C62H67N3/c1-12-15-16-20-33-62(49-23-22-35-63-42-49)56-40-52(64(50-24-18-17-19-25-50)58-45(6)36-43(4)37-46(58)7)27-29-54(56)55-30-28-53(41-57(55)62)65(59-47(8)38-44(5)39-48(59)9)51-26-21-32-61(11,34-31-51)60(10,13-2)14-3/h12,15-19,21-32,34-42H,1,13-14,20,33H2,2-11H3/b16-15+. The van der Waals surface area contributed by atoms with Crippen molar-refractivity contribution in [3.8, 4) is 11.1 Å². The lowest BCUT2D eigenvalue weighted by molar-refractivity contribution is 0.155. The normalized spacial score (nSPS) is 17.7. The van der Waals surface area contributed by atoms with Gasteiger partial charge < -0.3 is 9.80 Å². The number of aromatic nitrogens is 1. The van der Waals surface area contributed by atoms with Gasteiger partial charge in [-0.15, -0.1) is 0 Å². The number of rotatable bonds is 14. The third-order valence-electron chi connectivity index (χ3n) is 15.0. The first-order valence-electron chi connectivity index (χ1n) is 23.7. The molecule has 0 fully saturated rings. The summed E-state index contributed by atoms with van der Waals surface area (Å²) in [5.41, 5.74) is 20.3. The van der Waals surface area contributed by atoms with Crippen molar-refractivity contribution >= 4 is 28.4 Å². The molecule has 5 aromatic carbocycles. The summed E-state index contributed by atoms with van der Waals surface area (Å²) in [5, 5.41) is 0. The number of aryl methyl sites for hydroxylation is 6. The van der Waals surface area contributed by atoms with Crippen molar-refractivity contribution < 1.29 is 0 Å². The second kappa shape index (κ2) is 18.2. The van der Waals surface area contributed by atoms with Crippen molar-refractivity contribution in [1.29, 1.82) is 0 Å². The molecule has 2 unspecified atom stereocenters. The van der Waals surface area contributed by atoms with Gasteiger partial charge in [-0.25, -0.2) is 0 Å². The first kappa shape index (κ1) is 45.1. The molecule has 1 heterocycles. The summed E-state index contributed by atoms with van der Waals surface area (Å²) in [6.07, 6.45) is 26.0. The van der Waals surface area contributed by atoms with Crippen molar-refractivity contribution in [3.63, 3.8) is 0 Å². The Labute approximate surface area is 390 Å². The second-order valence-electron chi connectivity index (χ2n) is 19.1. The number of hydrogen-bond acceptors (Lipinski definition) is 3. The number of fused-ring (bicyclic) bond motifs is 3. The molecule has 0 aliphatic heterocycles. The van der Waals surface area contributed by atoms with E-state index in [1.165, 1.54) is 72.6 Å². The number of hydrogen-bond donors (Lipinski definition) is 0. The van der Waals surface area contributed by atoms with Crippen molar-refractivity contribution in [2.75, 3.05) is 9.80 Å². The Balaban J connectivity index is 1.39. The predicted molar refractivity (Wildman–Crippen MR) is 279 cm³/mol. The van der Waals surface area contributed by atoms with Gasteiger partial charge in [0.1, 0.15) is 0 Å². The quantitative estimate of drug-likeness (QED) is 0.102. The van der Waals surface area contributed by atoms with Crippen molar-refractivity contribution in [3.05, 3.63) is 226 Å². The maximum absolute atomic E-state index is 4.84. The van der Waals surface area contributed by atoms with Crippen LogP contribution in [0.4, 0.5) is 28.4 Å². The summed E-state index contributed by atoms with van der Waals surface area (Å²) in [6.45, 7) is 26.9. The van der Waals surface area contributed by atoms with Crippen LogP contribution in [0.25, 0.3) is 11.1 Å². The molecule has 1 aromatic heterocycles. The van der Waals surface area contributed by atoms with E-state index in [0.717, 1.165) is 48.4 Å². The first-order valence-corrected chi connectivity index (χ1v) is 23.7. The molecule has 0 radical (unpaired) electrons. The van der Waals surface area contributed by atoms with E-state index in [-0.39, 0.29) is 10.8 Å². The van der Waals surface area contributed by atoms with Crippen LogP contribution in [0.1, 0.15) is 103 Å². The van der Waals surface area contributed by atoms with Crippen molar-refractivity contribution in [2.24, 2.45) is 10.8 Å². The minimum atomic E-state index is -0.518. The van der Waals surface area contributed by atoms with Gasteiger partial charge in [0.05, 0.1) is 11.4 Å². The van der Waals surface area contributed by atoms with Crippen LogP contribution in [0.5, 0.6) is 0 Å². The molecule has 0 N–H and O–H groups in total. The van der Waals surface area contributed by atoms with Gasteiger partial charge in [-0.3, -0.25) is 4.98 Å². The molecular formula is C62H67N3. The van der Waals surface area contributed by atoms with Gasteiger partial charge in [-0.2, -0.15) is 0 Å². The zero-order valence-electron chi connectivity index (χ0n) is 40.5. The fourth-order valence-corrected chi connectivity index (χ4v) is 11.2. The third-order valence-corrected chi connectivity index (χ3v) is 15.0. The largest absolute Gasteiger partial charge is 0.310 e. The molecule has 3 heteroatoms. The van der Waals surface area contributed by atoms with Crippen LogP contribution in [0.3, 0.4) is 0 Å². The van der Waals surface area contributed by atoms with E-state index >= 15 is 0 Å². The van der Waals surface area contributed by atoms with Crippen LogP contribution >= 0.6 is 0 Å². The maximum Gasteiger partial charge on any atom is 0.0520 e. The second-order valence-corrected chi connectivity index (χ2v) is 19.1. The SMILES string of the molecule is C=C/C=C/CCC1(c2cccnc2)c2cc(N(C3=CC=CC(C)(C(C)(CC)CC)C=C3)c3c(C)cc(C)cc3C)ccc2-c2ccc(N(c3ccccc3)c3c(C)cc(C)cc3C)cc21. The molecule has 8 rings (SSSR count). The number of anilines is 5. The lowest BCUT2D eigenvalue weighted by atomic mass is 9.62. The molecule has 0 saturated carbocycles. The van der Waals surface area contributed by atoms with Gasteiger partial charge in [-0.1, -0.05) is 143 Å². The molecule has 2 atom stereocenters. The predicted octanol–water partition coefficient (Wildman–Crippen LogP) is 17.2. The minimum absolute atomic E-state index is 0.104. The van der Waals surface area contributed by atoms with E-state index in [4.69, 9.17) is 4.98 Å². The lowest BCUT2D eigenvalue weighted by Gasteiger charge is -2.42. The Morgan fingerprint density at radius 2 is 1.23 bits per heavy atom. The van der Waals surface area contributed by atoms with Gasteiger partial charge >= 0.3 is 0 Å². The average Bonchev–Trinajstić information content (AvgIpc) is 3.41. The Hall–Kier alpha value is -6.45. The van der Waals surface area contributed by atoms with Crippen LogP contribution in [0, 0.1) is 52.4 Å². The average molecular weight is 854 g/mol. The van der Waals surface area contributed by atoms with E-state index in [2.05, 4.69) is 237 Å². The summed E-state index contributed by atoms with van der Waals surface area (Å²) >= 11 is 0. The highest BCUT2D eigenvalue weighted by molar-refractivity contribution is 5.90. The molecule has 0 bridgehead atoms. The summed E-state index contributed by atoms with van der Waals surface area (Å²) in [5.74, 6) is 0. The highest BCUT2D eigenvalue weighted by Crippen LogP contribution is 2.58. The van der Waals surface area contributed by atoms with Gasteiger partial charge in [0, 0.05) is 46.0 Å². The van der Waals surface area contributed by atoms with E-state index < -0.39 is 5.41 Å². The molecule has 0 saturated heterocycles. The Kier molecular flexibility index (Phi) is 12.6. The van der Waals surface area contributed by atoms with Crippen LogP contribution in [-0.4, -0.2) is 4.98 Å². The summed E-state index contributed by atoms with van der Waals surface area (Å²) in [6, 6.07) is 38.9. The first-order chi connectivity index (χ1) is 31.3. The smallest absolute Gasteiger partial charge is 0.0520 e. The molecule has 0 amide bonds. The zero-order chi connectivity index (χ0) is 46.1. The van der Waals surface area contributed by atoms with Gasteiger partial charge in [0.2, 0.25) is 0 Å². The fourth-order valence-electron chi connectivity index (χ4n) is 11.2. The molecule has 3 nitrogen and oxygen atoms in total. The summed E-state index contributed by atoms with van der Waals surface area (Å²) < 4.78 is 0. The molecule has 330 valence electrons. The van der Waals surface area contributed by atoms with E-state index in [0.29, 0.717) is 0 Å². The highest BCUT2D eigenvalue weighted by Gasteiger charge is 2.46. The Bertz CT molecular complexity index is 2810. The number of benzene rings is 5. The molecule has 65 heavy (non-hydrogen) atoms. The zero-order valence-corrected chi connectivity index (χ0v) is 40.5. The molecule has 2 aliphatic rings. The van der Waals surface area contributed by atoms with Gasteiger partial charge in [0.25, 0.3) is 0 Å². The Morgan fingerprint density at radius 1 is 0.662 bits per heavy atom. The van der Waals surface area contributed by atoms with Crippen LogP contribution in [-0.2, 0) is 5.41 Å². The topological polar surface area (TPSA) is 19.4 Å². The molecular weight excluding hydrogens is 787 g/mol. The van der Waals surface area contributed by atoms with E-state index in [9.17, 15) is 0 Å². The molecule has 0 spiro atoms. The van der Waals surface area contributed by atoms with Crippen LogP contribution in [0.15, 0.2) is 176 Å². The van der Waals surface area contributed by atoms with E-state index in [1.807, 2.05) is 12.3 Å². The van der Waals surface area contributed by atoms with Crippen LogP contribution < -0.4 is 9.80 Å². The summed E-state index contributed by atoms with van der Waals surface area (Å²) in [4.78, 5) is 9.82. The highest BCUT2D eigenvalue weighted by atomic mass is 15.2. The maximum atomic E-state index is 4.84. The fraction of sp³-hybridized carbons (Fsp3) is 0.274. The van der Waals surface area contributed by atoms with Gasteiger partial charge in [-0.05, 0) is 177 Å². The van der Waals surface area contributed by atoms with Crippen molar-refractivity contribution in [2.45, 2.75) is 100 Å². The van der Waals surface area contributed by atoms with Crippen LogP contribution in [0.2, 0.25) is 0 Å². The summed E-state index contributed by atoms with van der Waals surface area (Å²) in [7, 11) is 0. The minimum Gasteiger partial charge on any atom is -0.310 e. The van der Waals surface area contributed by atoms with Crippen molar-refractivity contribution in [1.82, 2.24) is 4.98 Å². The molecule has 6 aromatic rings. The monoisotopic (exact) mass is 854 g/mol. The number of para-hydroxylation sites is 1. The number of allylic oxidation sites excluding steroid dienone is 8. The number of nitrogens with zero attached hydrogens (tertiary/aromatic N) is 3. The third kappa shape index (κ3) is 8.05. The van der Waals surface area contributed by atoms with Gasteiger partial charge in [0.15, 0.2) is 0 Å². The van der Waals surface area contributed by atoms with E-state index in [1.54, 1.807) is 0 Å².